The fourth-order valence-electron chi connectivity index (χ4n) is 5.22. The lowest BCUT2D eigenvalue weighted by atomic mass is 9.85. The van der Waals surface area contributed by atoms with Gasteiger partial charge in [-0.15, -0.1) is 0 Å². The third-order valence-corrected chi connectivity index (χ3v) is 6.30. The summed E-state index contributed by atoms with van der Waals surface area (Å²) in [7, 11) is 0. The van der Waals surface area contributed by atoms with Crippen LogP contribution in [-0.2, 0) is 16.0 Å². The van der Waals surface area contributed by atoms with Gasteiger partial charge in [-0.1, -0.05) is 32.0 Å². The number of nitrogens with one attached hydrogen (secondary N) is 1. The molecule has 5 rings (SSSR count). The molecule has 3 aliphatic heterocycles. The molecule has 0 bridgehead atoms. The first kappa shape index (κ1) is 15.9. The molecule has 5 nitrogen and oxygen atoms in total. The number of amides is 2. The van der Waals surface area contributed by atoms with E-state index >= 15 is 0 Å². The number of carbonyl (C=O) groups excluding carboxylic acids is 2. The van der Waals surface area contributed by atoms with E-state index in [1.807, 2.05) is 21.9 Å². The molecule has 5 heteroatoms. The van der Waals surface area contributed by atoms with Gasteiger partial charge in [0.15, 0.2) is 0 Å². The van der Waals surface area contributed by atoms with E-state index in [9.17, 15) is 9.59 Å². The summed E-state index contributed by atoms with van der Waals surface area (Å²) in [4.78, 5) is 33.9. The van der Waals surface area contributed by atoms with E-state index in [1.165, 1.54) is 10.9 Å². The van der Waals surface area contributed by atoms with E-state index in [2.05, 4.69) is 31.0 Å². The van der Waals surface area contributed by atoms with Gasteiger partial charge in [-0.25, -0.2) is 0 Å². The van der Waals surface area contributed by atoms with Crippen molar-refractivity contribution in [2.45, 2.75) is 57.7 Å². The van der Waals surface area contributed by atoms with Gasteiger partial charge in [0.05, 0.1) is 6.04 Å². The number of aromatic nitrogens is 1. The van der Waals surface area contributed by atoms with Crippen molar-refractivity contribution in [2.24, 2.45) is 5.92 Å². The van der Waals surface area contributed by atoms with Gasteiger partial charge in [0.25, 0.3) is 0 Å². The predicted molar refractivity (Wildman–Crippen MR) is 99.6 cm³/mol. The van der Waals surface area contributed by atoms with Gasteiger partial charge >= 0.3 is 0 Å². The summed E-state index contributed by atoms with van der Waals surface area (Å²) >= 11 is 0. The summed E-state index contributed by atoms with van der Waals surface area (Å²) < 4.78 is 0. The Labute approximate surface area is 153 Å². The molecule has 1 N–H and O–H groups in total. The number of nitrogens with zero attached hydrogens (tertiary/aromatic N) is 2. The maximum Gasteiger partial charge on any atom is 0.246 e. The Hall–Kier alpha value is -2.30. The third kappa shape index (κ3) is 2.09. The van der Waals surface area contributed by atoms with Crippen LogP contribution in [0.3, 0.4) is 0 Å². The molecule has 0 radical (unpaired) electrons. The van der Waals surface area contributed by atoms with Gasteiger partial charge in [0.2, 0.25) is 11.8 Å². The highest BCUT2D eigenvalue weighted by molar-refractivity contribution is 5.99. The van der Waals surface area contributed by atoms with Crippen LogP contribution in [0.1, 0.15) is 50.4 Å². The van der Waals surface area contributed by atoms with Crippen molar-refractivity contribution in [3.63, 3.8) is 0 Å². The molecule has 1 aromatic heterocycles. The van der Waals surface area contributed by atoms with Gasteiger partial charge in [0, 0.05) is 29.6 Å². The monoisotopic (exact) mass is 351 g/mol. The topological polar surface area (TPSA) is 56.4 Å². The number of benzene rings is 1. The van der Waals surface area contributed by atoms with E-state index < -0.39 is 0 Å². The second-order valence-electron chi connectivity index (χ2n) is 8.36. The van der Waals surface area contributed by atoms with Crippen molar-refractivity contribution in [1.82, 2.24) is 14.8 Å². The molecule has 0 spiro atoms. The van der Waals surface area contributed by atoms with Crippen molar-refractivity contribution in [1.29, 1.82) is 0 Å². The minimum Gasteiger partial charge on any atom is -0.356 e. The normalized spacial score (nSPS) is 27.9. The maximum absolute atomic E-state index is 13.3. The number of carbonyl (C=O) groups is 2. The second-order valence-corrected chi connectivity index (χ2v) is 8.36. The van der Waals surface area contributed by atoms with Crippen molar-refractivity contribution in [3.8, 4) is 0 Å². The number of aromatic amines is 1. The molecule has 2 saturated heterocycles. The largest absolute Gasteiger partial charge is 0.356 e. The highest BCUT2D eigenvalue weighted by Gasteiger charge is 2.52. The first-order valence-electron chi connectivity index (χ1n) is 9.78. The fraction of sp³-hybridized carbons (Fsp3) is 0.524. The Balaban J connectivity index is 1.68. The summed E-state index contributed by atoms with van der Waals surface area (Å²) in [5.74, 6) is 0.751. The summed E-state index contributed by atoms with van der Waals surface area (Å²) in [6.45, 7) is 5.10. The van der Waals surface area contributed by atoms with Crippen LogP contribution in [0.5, 0.6) is 0 Å². The molecule has 1 aromatic carbocycles. The van der Waals surface area contributed by atoms with Crippen LogP contribution in [0.15, 0.2) is 24.3 Å². The zero-order valence-corrected chi connectivity index (χ0v) is 15.4. The van der Waals surface area contributed by atoms with Gasteiger partial charge in [-0.2, -0.15) is 0 Å². The second kappa shape index (κ2) is 5.60. The Morgan fingerprint density at radius 3 is 2.77 bits per heavy atom. The highest BCUT2D eigenvalue weighted by atomic mass is 16.2. The zero-order chi connectivity index (χ0) is 18.0. The summed E-state index contributed by atoms with van der Waals surface area (Å²) in [5.41, 5.74) is 3.47. The lowest BCUT2D eigenvalue weighted by Gasteiger charge is -2.48. The van der Waals surface area contributed by atoms with E-state index in [0.29, 0.717) is 12.3 Å². The molecule has 26 heavy (non-hydrogen) atoms. The predicted octanol–water partition coefficient (Wildman–Crippen LogP) is 3.01. The summed E-state index contributed by atoms with van der Waals surface area (Å²) in [5, 5.41) is 1.19. The highest BCUT2D eigenvalue weighted by Crippen LogP contribution is 2.43. The average Bonchev–Trinajstić information content (AvgIpc) is 3.24. The number of para-hydroxylation sites is 1. The molecule has 2 aromatic rings. The Bertz CT molecular complexity index is 900. The van der Waals surface area contributed by atoms with Crippen LogP contribution in [0.25, 0.3) is 10.9 Å². The van der Waals surface area contributed by atoms with Crippen LogP contribution in [0, 0.1) is 5.92 Å². The molecule has 0 aliphatic carbocycles. The molecule has 4 heterocycles. The van der Waals surface area contributed by atoms with Crippen LogP contribution in [0.2, 0.25) is 0 Å². The summed E-state index contributed by atoms with van der Waals surface area (Å²) in [6, 6.07) is 7.68. The molecule has 3 aliphatic rings. The standard InChI is InChI=1S/C21H25N3O2/c1-12(2)10-17-19-14(13-6-3-4-7-15(13)22-19)11-18-20(25)23-9-5-8-16(23)21(26)24(17)18/h3-4,6-7,12,16-18,22H,5,8-11H2,1-2H3/t16-,17+,18+/m0/s1. The molecule has 3 atom stereocenters. The third-order valence-electron chi connectivity index (χ3n) is 6.30. The zero-order valence-electron chi connectivity index (χ0n) is 15.4. The first-order valence-corrected chi connectivity index (χ1v) is 9.78. The number of rotatable bonds is 2. The van der Waals surface area contributed by atoms with Crippen LogP contribution in [0.4, 0.5) is 0 Å². The van der Waals surface area contributed by atoms with Gasteiger partial charge in [-0.3, -0.25) is 9.59 Å². The van der Waals surface area contributed by atoms with E-state index in [0.717, 1.165) is 37.0 Å². The Morgan fingerprint density at radius 1 is 1.15 bits per heavy atom. The lowest BCUT2D eigenvalue weighted by molar-refractivity contribution is -0.163. The van der Waals surface area contributed by atoms with Crippen molar-refractivity contribution in [2.75, 3.05) is 6.54 Å². The molecule has 0 unspecified atom stereocenters. The van der Waals surface area contributed by atoms with Crippen LogP contribution in [-0.4, -0.2) is 45.2 Å². The minimum atomic E-state index is -0.340. The molecular weight excluding hydrogens is 326 g/mol. The SMILES string of the molecule is CC(C)C[C@@H]1c2[nH]c3ccccc3c2C[C@@H]2C(=O)N3CCC[C@H]3C(=O)N21. The van der Waals surface area contributed by atoms with Crippen LogP contribution >= 0.6 is 0 Å². The van der Waals surface area contributed by atoms with Crippen LogP contribution < -0.4 is 0 Å². The number of fused-ring (bicyclic) bond motifs is 5. The smallest absolute Gasteiger partial charge is 0.246 e. The van der Waals surface area contributed by atoms with E-state index in [-0.39, 0.29) is 29.9 Å². The quantitative estimate of drug-likeness (QED) is 0.904. The number of piperazine rings is 1. The molecule has 2 fully saturated rings. The lowest BCUT2D eigenvalue weighted by Crippen LogP contribution is -2.65. The Morgan fingerprint density at radius 2 is 1.96 bits per heavy atom. The molecule has 0 saturated carbocycles. The van der Waals surface area contributed by atoms with Gasteiger partial charge in [0.1, 0.15) is 12.1 Å². The number of hydrogen-bond acceptors (Lipinski definition) is 2. The number of hydrogen-bond donors (Lipinski definition) is 1. The van der Waals surface area contributed by atoms with E-state index in [4.69, 9.17) is 0 Å². The number of H-pyrrole nitrogens is 1. The van der Waals surface area contributed by atoms with Crippen molar-refractivity contribution >= 4 is 22.7 Å². The average molecular weight is 351 g/mol. The minimum absolute atomic E-state index is 0.0321. The van der Waals surface area contributed by atoms with Gasteiger partial charge in [-0.05, 0) is 36.8 Å². The van der Waals surface area contributed by atoms with Gasteiger partial charge < -0.3 is 14.8 Å². The molecule has 2 amide bonds. The molecule has 136 valence electrons. The van der Waals surface area contributed by atoms with Crippen molar-refractivity contribution in [3.05, 3.63) is 35.5 Å². The maximum atomic E-state index is 13.3. The Kier molecular flexibility index (Phi) is 3.43. The summed E-state index contributed by atoms with van der Waals surface area (Å²) in [6.07, 6.45) is 3.25. The van der Waals surface area contributed by atoms with Crippen molar-refractivity contribution < 1.29 is 9.59 Å². The fourth-order valence-corrected chi connectivity index (χ4v) is 5.22. The van der Waals surface area contributed by atoms with E-state index in [1.54, 1.807) is 0 Å². The molecular formula is C21H25N3O2. The first-order chi connectivity index (χ1) is 12.6.